The molecule has 1 aliphatic heterocycles. The van der Waals surface area contributed by atoms with E-state index in [9.17, 15) is 8.42 Å². The van der Waals surface area contributed by atoms with E-state index < -0.39 is 10.0 Å². The van der Waals surface area contributed by atoms with Gasteiger partial charge in [0.2, 0.25) is 0 Å². The van der Waals surface area contributed by atoms with Gasteiger partial charge in [0.05, 0.1) is 16.6 Å². The van der Waals surface area contributed by atoms with Crippen LogP contribution in [0, 0.1) is 6.92 Å². The summed E-state index contributed by atoms with van der Waals surface area (Å²) in [4.78, 5) is 0.359. The number of nitrogens with zero attached hydrogens (tertiary/aromatic N) is 1. The molecule has 1 aliphatic rings. The van der Waals surface area contributed by atoms with Crippen LogP contribution in [-0.4, -0.2) is 35.7 Å². The van der Waals surface area contributed by atoms with Gasteiger partial charge in [-0.05, 0) is 42.6 Å². The molecule has 2 aromatic carbocycles. The minimum absolute atomic E-state index is 0.178. The second kappa shape index (κ2) is 7.15. The second-order valence-corrected chi connectivity index (χ2v) is 8.19. The Morgan fingerprint density at radius 1 is 1.12 bits per heavy atom. The standard InChI is InChI=1S/C19H24N2O3S/c1-14-8-6-10-16-18(20-12-7-13-24-3)15-9-4-5-11-17(15)25(22,23)21(2)19(14)16/h4-6,8-11,18,20H,7,12-13H2,1-3H3. The molecule has 5 nitrogen and oxygen atoms in total. The third-order valence-corrected chi connectivity index (χ3v) is 6.47. The van der Waals surface area contributed by atoms with Crippen LogP contribution in [0.15, 0.2) is 47.4 Å². The zero-order chi connectivity index (χ0) is 18.0. The van der Waals surface area contributed by atoms with E-state index in [-0.39, 0.29) is 6.04 Å². The predicted molar refractivity (Wildman–Crippen MR) is 99.5 cm³/mol. The number of hydrogen-bond donors (Lipinski definition) is 1. The lowest BCUT2D eigenvalue weighted by Crippen LogP contribution is -2.27. The Bertz CT molecular complexity index is 865. The van der Waals surface area contributed by atoms with Gasteiger partial charge < -0.3 is 10.1 Å². The van der Waals surface area contributed by atoms with Gasteiger partial charge in [-0.15, -0.1) is 0 Å². The summed E-state index contributed by atoms with van der Waals surface area (Å²) in [5, 5.41) is 3.52. The Labute approximate surface area is 149 Å². The minimum Gasteiger partial charge on any atom is -0.385 e. The monoisotopic (exact) mass is 360 g/mol. The summed E-state index contributed by atoms with van der Waals surface area (Å²) >= 11 is 0. The van der Waals surface area contributed by atoms with Crippen LogP contribution in [0.5, 0.6) is 0 Å². The number of aryl methyl sites for hydroxylation is 1. The summed E-state index contributed by atoms with van der Waals surface area (Å²) in [5.74, 6) is 0. The molecule has 0 spiro atoms. The van der Waals surface area contributed by atoms with Gasteiger partial charge in [0.15, 0.2) is 0 Å². The van der Waals surface area contributed by atoms with Crippen LogP contribution in [0.2, 0.25) is 0 Å². The lowest BCUT2D eigenvalue weighted by molar-refractivity contribution is 0.193. The van der Waals surface area contributed by atoms with Crippen molar-refractivity contribution in [3.8, 4) is 0 Å². The molecule has 0 fully saturated rings. The van der Waals surface area contributed by atoms with Crippen LogP contribution in [-0.2, 0) is 14.8 Å². The first-order valence-electron chi connectivity index (χ1n) is 8.38. The van der Waals surface area contributed by atoms with E-state index in [4.69, 9.17) is 4.74 Å². The van der Waals surface area contributed by atoms with E-state index in [0.29, 0.717) is 11.5 Å². The maximum atomic E-state index is 13.1. The molecule has 0 bridgehead atoms. The number of para-hydroxylation sites is 1. The molecule has 1 N–H and O–H groups in total. The average molecular weight is 360 g/mol. The fourth-order valence-corrected chi connectivity index (χ4v) is 4.94. The van der Waals surface area contributed by atoms with E-state index in [1.165, 1.54) is 4.31 Å². The number of hydrogen-bond acceptors (Lipinski definition) is 4. The van der Waals surface area contributed by atoms with Crippen LogP contribution >= 0.6 is 0 Å². The quantitative estimate of drug-likeness (QED) is 0.833. The highest BCUT2D eigenvalue weighted by molar-refractivity contribution is 7.92. The molecule has 1 heterocycles. The number of methoxy groups -OCH3 is 1. The first kappa shape index (κ1) is 17.9. The van der Waals surface area contributed by atoms with Crippen molar-refractivity contribution in [1.29, 1.82) is 0 Å². The Kier molecular flexibility index (Phi) is 5.13. The highest BCUT2D eigenvalue weighted by Crippen LogP contribution is 2.41. The van der Waals surface area contributed by atoms with Crippen LogP contribution in [0.4, 0.5) is 5.69 Å². The fraction of sp³-hybridized carbons (Fsp3) is 0.368. The highest BCUT2D eigenvalue weighted by Gasteiger charge is 2.35. The third kappa shape index (κ3) is 3.17. The Hall–Kier alpha value is -1.89. The third-order valence-electron chi connectivity index (χ3n) is 4.64. The van der Waals surface area contributed by atoms with Gasteiger partial charge in [-0.25, -0.2) is 8.42 Å². The molecule has 6 heteroatoms. The summed E-state index contributed by atoms with van der Waals surface area (Å²) in [6, 6.07) is 13.0. The highest BCUT2D eigenvalue weighted by atomic mass is 32.2. The number of sulfonamides is 1. The largest absolute Gasteiger partial charge is 0.385 e. The van der Waals surface area contributed by atoms with Gasteiger partial charge in [-0.2, -0.15) is 0 Å². The summed E-state index contributed by atoms with van der Waals surface area (Å²) < 4.78 is 32.8. The minimum atomic E-state index is -3.59. The van der Waals surface area contributed by atoms with Crippen molar-refractivity contribution in [2.45, 2.75) is 24.3 Å². The number of ether oxygens (including phenoxy) is 1. The molecule has 0 aliphatic carbocycles. The number of benzene rings is 2. The maximum absolute atomic E-state index is 13.1. The van der Waals surface area contributed by atoms with Gasteiger partial charge in [0.25, 0.3) is 10.0 Å². The topological polar surface area (TPSA) is 58.6 Å². The van der Waals surface area contributed by atoms with Crippen molar-refractivity contribution in [2.75, 3.05) is 31.6 Å². The van der Waals surface area contributed by atoms with Crippen LogP contribution < -0.4 is 9.62 Å². The number of nitrogens with one attached hydrogen (secondary N) is 1. The molecule has 3 rings (SSSR count). The number of fused-ring (bicyclic) bond motifs is 2. The zero-order valence-corrected chi connectivity index (χ0v) is 15.6. The molecule has 0 radical (unpaired) electrons. The molecular formula is C19H24N2O3S. The predicted octanol–water partition coefficient (Wildman–Crippen LogP) is 2.85. The van der Waals surface area contributed by atoms with Gasteiger partial charge in [-0.3, -0.25) is 4.31 Å². The Morgan fingerprint density at radius 2 is 1.84 bits per heavy atom. The average Bonchev–Trinajstić information content (AvgIpc) is 2.67. The van der Waals surface area contributed by atoms with Gasteiger partial charge >= 0.3 is 0 Å². The van der Waals surface area contributed by atoms with Gasteiger partial charge in [0.1, 0.15) is 0 Å². The summed E-state index contributed by atoms with van der Waals surface area (Å²) in [6.07, 6.45) is 0.860. The molecule has 134 valence electrons. The van der Waals surface area contributed by atoms with Crippen molar-refractivity contribution >= 4 is 15.7 Å². The van der Waals surface area contributed by atoms with Crippen molar-refractivity contribution < 1.29 is 13.2 Å². The van der Waals surface area contributed by atoms with Gasteiger partial charge in [-0.1, -0.05) is 36.4 Å². The Balaban J connectivity index is 2.17. The molecule has 2 aromatic rings. The summed E-state index contributed by atoms with van der Waals surface area (Å²) in [6.45, 7) is 3.35. The molecule has 0 saturated carbocycles. The molecule has 0 amide bonds. The van der Waals surface area contributed by atoms with E-state index >= 15 is 0 Å². The fourth-order valence-electron chi connectivity index (χ4n) is 3.42. The number of rotatable bonds is 5. The van der Waals surface area contributed by atoms with Gasteiger partial charge in [0, 0.05) is 20.8 Å². The molecule has 0 aromatic heterocycles. The first-order valence-corrected chi connectivity index (χ1v) is 9.82. The van der Waals surface area contributed by atoms with E-state index in [2.05, 4.69) is 5.32 Å². The van der Waals surface area contributed by atoms with Crippen molar-refractivity contribution in [3.63, 3.8) is 0 Å². The zero-order valence-electron chi connectivity index (χ0n) is 14.8. The van der Waals surface area contributed by atoms with Crippen molar-refractivity contribution in [2.24, 2.45) is 0 Å². The maximum Gasteiger partial charge on any atom is 0.264 e. The lowest BCUT2D eigenvalue weighted by Gasteiger charge is -2.24. The molecule has 25 heavy (non-hydrogen) atoms. The van der Waals surface area contributed by atoms with Crippen molar-refractivity contribution in [1.82, 2.24) is 5.32 Å². The van der Waals surface area contributed by atoms with Crippen molar-refractivity contribution in [3.05, 3.63) is 59.2 Å². The molecule has 1 unspecified atom stereocenters. The SMILES string of the molecule is COCCCNC1c2ccccc2S(=O)(=O)N(C)c2c(C)cccc21. The summed E-state index contributed by atoms with van der Waals surface area (Å²) in [5.41, 5.74) is 3.47. The second-order valence-electron chi connectivity index (χ2n) is 6.26. The van der Waals surface area contributed by atoms with E-state index in [1.54, 1.807) is 26.3 Å². The Morgan fingerprint density at radius 3 is 2.60 bits per heavy atom. The molecule has 0 saturated heterocycles. The van der Waals surface area contributed by atoms with E-state index in [1.807, 2.05) is 37.3 Å². The van der Waals surface area contributed by atoms with Crippen LogP contribution in [0.25, 0.3) is 0 Å². The molecular weight excluding hydrogens is 336 g/mol. The van der Waals surface area contributed by atoms with Crippen LogP contribution in [0.3, 0.4) is 0 Å². The summed E-state index contributed by atoms with van der Waals surface area (Å²) in [7, 11) is -0.281. The normalized spacial score (nSPS) is 18.4. The van der Waals surface area contributed by atoms with E-state index in [0.717, 1.165) is 35.3 Å². The first-order chi connectivity index (χ1) is 12.0. The lowest BCUT2D eigenvalue weighted by atomic mass is 9.95. The van der Waals surface area contributed by atoms with Crippen LogP contribution in [0.1, 0.15) is 29.2 Å². The number of anilines is 1. The smallest absolute Gasteiger partial charge is 0.264 e. The molecule has 1 atom stereocenters.